The molecule has 0 aromatic rings. The molecule has 0 aromatic carbocycles. The van der Waals surface area contributed by atoms with Crippen LogP contribution in [-0.4, -0.2) is 84.8 Å². The van der Waals surface area contributed by atoms with Crippen molar-refractivity contribution in [3.05, 3.63) is 0 Å². The quantitative estimate of drug-likeness (QED) is 0.381. The molecule has 2 aliphatic heterocycles. The van der Waals surface area contributed by atoms with Gasteiger partial charge in [-0.2, -0.15) is 26.3 Å². The van der Waals surface area contributed by atoms with Crippen LogP contribution in [0.15, 0.2) is 0 Å². The Morgan fingerprint density at radius 3 is 2.00 bits per heavy atom. The maximum absolute atomic E-state index is 13.8. The number of hydrogen-bond donors (Lipinski definition) is 0. The first-order chi connectivity index (χ1) is 17.4. The molecule has 2 heterocycles. The van der Waals surface area contributed by atoms with E-state index in [4.69, 9.17) is 0 Å². The first kappa shape index (κ1) is 29.0. The van der Waals surface area contributed by atoms with Gasteiger partial charge < -0.3 is 9.80 Å². The summed E-state index contributed by atoms with van der Waals surface area (Å²) in [5.41, 5.74) is 0. The van der Waals surface area contributed by atoms with Crippen molar-refractivity contribution in [1.29, 1.82) is 0 Å². The highest BCUT2D eigenvalue weighted by Gasteiger charge is 2.53. The van der Waals surface area contributed by atoms with Crippen LogP contribution < -0.4 is 0 Å². The van der Waals surface area contributed by atoms with Crippen LogP contribution in [0.4, 0.5) is 26.3 Å². The minimum Gasteiger partial charge on any atom is -0.344 e. The molecule has 4 aliphatic rings. The molecule has 4 nitrogen and oxygen atoms in total. The molecule has 4 unspecified atom stereocenters. The number of piperidine rings is 1. The first-order valence-electron chi connectivity index (χ1n) is 14.3. The first-order valence-corrected chi connectivity index (χ1v) is 14.3. The Morgan fingerprint density at radius 2 is 1.43 bits per heavy atom. The molecule has 0 radical (unpaired) electrons. The van der Waals surface area contributed by atoms with E-state index in [0.717, 1.165) is 71.1 Å². The van der Waals surface area contributed by atoms with Crippen LogP contribution in [-0.2, 0) is 4.79 Å². The van der Waals surface area contributed by atoms with Gasteiger partial charge in [-0.05, 0) is 82.7 Å². The highest BCUT2D eigenvalue weighted by atomic mass is 19.4. The van der Waals surface area contributed by atoms with Crippen LogP contribution >= 0.6 is 0 Å². The van der Waals surface area contributed by atoms with Crippen LogP contribution in [0.5, 0.6) is 0 Å². The highest BCUT2D eigenvalue weighted by molar-refractivity contribution is 5.82. The van der Waals surface area contributed by atoms with Crippen LogP contribution in [0.1, 0.15) is 77.0 Å². The zero-order valence-corrected chi connectivity index (χ0v) is 22.0. The van der Waals surface area contributed by atoms with Gasteiger partial charge in [-0.15, -0.1) is 0 Å². The van der Waals surface area contributed by atoms with Crippen LogP contribution in [0.3, 0.4) is 0 Å². The average Bonchev–Trinajstić information content (AvgIpc) is 3.39. The summed E-state index contributed by atoms with van der Waals surface area (Å²) in [7, 11) is 1.55. The summed E-state index contributed by atoms with van der Waals surface area (Å²) in [5, 5.41) is 0. The molecule has 2 saturated carbocycles. The van der Waals surface area contributed by atoms with Crippen molar-refractivity contribution < 1.29 is 31.1 Å². The normalized spacial score (nSPS) is 30.9. The lowest BCUT2D eigenvalue weighted by atomic mass is 9.73. The van der Waals surface area contributed by atoms with E-state index in [1.807, 2.05) is 0 Å². The molecular formula is C27H43F6N3O. The molecular weight excluding hydrogens is 496 g/mol. The van der Waals surface area contributed by atoms with E-state index in [1.54, 1.807) is 7.05 Å². The number of likely N-dealkylation sites (tertiary alicyclic amines) is 2. The Kier molecular flexibility index (Phi) is 9.40. The standard InChI is InChI=1S/C27H43F6N3O/c1-34(18-20-9-10-21(26(28,29)30)17-23(20)27(31,32)33)25(37)24(19-7-3-2-4-8-19)36-15-11-22(12-16-36)35-13-5-6-14-35/h19-24H,2-18H2,1H3. The number of nitrogens with zero attached hydrogens (tertiary/aromatic N) is 3. The van der Waals surface area contributed by atoms with Crippen LogP contribution in [0.25, 0.3) is 0 Å². The summed E-state index contributed by atoms with van der Waals surface area (Å²) in [5.74, 6) is -4.92. The largest absolute Gasteiger partial charge is 0.392 e. The van der Waals surface area contributed by atoms with Crippen molar-refractivity contribution in [2.45, 2.75) is 101 Å². The van der Waals surface area contributed by atoms with E-state index in [9.17, 15) is 31.1 Å². The van der Waals surface area contributed by atoms with Crippen LogP contribution in [0, 0.1) is 23.7 Å². The zero-order chi connectivity index (χ0) is 26.8. The third kappa shape index (κ3) is 7.14. The molecule has 214 valence electrons. The zero-order valence-electron chi connectivity index (χ0n) is 22.0. The number of alkyl halides is 6. The van der Waals surface area contributed by atoms with Gasteiger partial charge in [0.1, 0.15) is 0 Å². The fourth-order valence-electron chi connectivity index (χ4n) is 7.56. The summed E-state index contributed by atoms with van der Waals surface area (Å²) in [6, 6.07) is 0.190. The summed E-state index contributed by atoms with van der Waals surface area (Å²) in [6.07, 6.45) is -1.14. The minimum atomic E-state index is -4.71. The van der Waals surface area contributed by atoms with Crippen molar-refractivity contribution in [2.24, 2.45) is 23.7 Å². The Balaban J connectivity index is 1.43. The second kappa shape index (κ2) is 12.0. The number of carbonyl (C=O) groups excluding carboxylic acids is 1. The molecule has 37 heavy (non-hydrogen) atoms. The summed E-state index contributed by atoms with van der Waals surface area (Å²) in [4.78, 5) is 20.1. The van der Waals surface area contributed by atoms with Gasteiger partial charge in [0, 0.05) is 32.7 Å². The fourth-order valence-corrected chi connectivity index (χ4v) is 7.56. The molecule has 4 atom stereocenters. The molecule has 10 heteroatoms. The van der Waals surface area contributed by atoms with E-state index >= 15 is 0 Å². The SMILES string of the molecule is CN(CC1CCC(C(F)(F)F)CC1C(F)(F)F)C(=O)C(C1CCCCC1)N1CCC(N2CCCC2)CC1. The van der Waals surface area contributed by atoms with Crippen molar-refractivity contribution in [3.63, 3.8) is 0 Å². The van der Waals surface area contributed by atoms with Gasteiger partial charge in [0.05, 0.1) is 17.9 Å². The average molecular weight is 540 g/mol. The van der Waals surface area contributed by atoms with Gasteiger partial charge in [-0.25, -0.2) is 0 Å². The number of carbonyl (C=O) groups is 1. The highest BCUT2D eigenvalue weighted by Crippen LogP contribution is 2.48. The van der Waals surface area contributed by atoms with Crippen molar-refractivity contribution in [1.82, 2.24) is 14.7 Å². The van der Waals surface area contributed by atoms with Gasteiger partial charge in [0.15, 0.2) is 0 Å². The van der Waals surface area contributed by atoms with E-state index in [2.05, 4.69) is 9.80 Å². The number of amides is 1. The summed E-state index contributed by atoms with van der Waals surface area (Å²) >= 11 is 0. The number of halogens is 6. The van der Waals surface area contributed by atoms with E-state index in [0.29, 0.717) is 6.04 Å². The van der Waals surface area contributed by atoms with Gasteiger partial charge >= 0.3 is 12.4 Å². The maximum atomic E-state index is 13.8. The van der Waals surface area contributed by atoms with Crippen molar-refractivity contribution >= 4 is 5.91 Å². The van der Waals surface area contributed by atoms with Gasteiger partial charge in [0.2, 0.25) is 5.91 Å². The fraction of sp³-hybridized carbons (Fsp3) is 0.963. The third-order valence-electron chi connectivity index (χ3n) is 9.66. The monoisotopic (exact) mass is 539 g/mol. The molecule has 2 aliphatic carbocycles. The third-order valence-corrected chi connectivity index (χ3v) is 9.66. The lowest BCUT2D eigenvalue weighted by Crippen LogP contribution is -2.56. The molecule has 2 saturated heterocycles. The summed E-state index contributed by atoms with van der Waals surface area (Å²) in [6.45, 7) is 3.75. The predicted molar refractivity (Wildman–Crippen MR) is 130 cm³/mol. The van der Waals surface area contributed by atoms with Gasteiger partial charge in [-0.1, -0.05) is 19.3 Å². The second-order valence-corrected chi connectivity index (χ2v) is 12.0. The van der Waals surface area contributed by atoms with Crippen molar-refractivity contribution in [2.75, 3.05) is 39.8 Å². The number of rotatable bonds is 6. The Hall–Kier alpha value is -1.03. The van der Waals surface area contributed by atoms with E-state index in [-0.39, 0.29) is 37.3 Å². The molecule has 0 bridgehead atoms. The Morgan fingerprint density at radius 1 is 0.811 bits per heavy atom. The topological polar surface area (TPSA) is 26.8 Å². The smallest absolute Gasteiger partial charge is 0.344 e. The molecule has 0 aromatic heterocycles. The van der Waals surface area contributed by atoms with Crippen molar-refractivity contribution in [3.8, 4) is 0 Å². The molecule has 4 fully saturated rings. The maximum Gasteiger partial charge on any atom is 0.392 e. The molecule has 0 N–H and O–H groups in total. The predicted octanol–water partition coefficient (Wildman–Crippen LogP) is 6.11. The van der Waals surface area contributed by atoms with E-state index < -0.39 is 36.5 Å². The van der Waals surface area contributed by atoms with Gasteiger partial charge in [0.25, 0.3) is 0 Å². The Bertz CT molecular complexity index is 739. The molecule has 0 spiro atoms. The Labute approximate surface area is 217 Å². The lowest BCUT2D eigenvalue weighted by molar-refractivity contribution is -0.235. The minimum absolute atomic E-state index is 0.138. The number of hydrogen-bond acceptors (Lipinski definition) is 3. The second-order valence-electron chi connectivity index (χ2n) is 12.0. The lowest BCUT2D eigenvalue weighted by Gasteiger charge is -2.45. The van der Waals surface area contributed by atoms with Gasteiger partial charge in [-0.3, -0.25) is 9.69 Å². The molecule has 1 amide bonds. The molecule has 4 rings (SSSR count). The number of likely N-dealkylation sites (N-methyl/N-ethyl adjacent to an activating group) is 1. The van der Waals surface area contributed by atoms with E-state index in [1.165, 1.54) is 17.7 Å². The van der Waals surface area contributed by atoms with Crippen LogP contribution in [0.2, 0.25) is 0 Å². The summed E-state index contributed by atoms with van der Waals surface area (Å²) < 4.78 is 81.2.